The van der Waals surface area contributed by atoms with E-state index >= 15 is 0 Å². The first-order chi connectivity index (χ1) is 6.68. The van der Waals surface area contributed by atoms with Gasteiger partial charge in [-0.3, -0.25) is 0 Å². The summed E-state index contributed by atoms with van der Waals surface area (Å²) in [5.74, 6) is -0.814. The third-order valence-electron chi connectivity index (χ3n) is 2.49. The normalized spacial score (nSPS) is 21.0. The Morgan fingerprint density at radius 3 is 2.50 bits per heavy atom. The Morgan fingerprint density at radius 1 is 1.36 bits per heavy atom. The molecular weight excluding hydrogens is 191 g/mol. The predicted octanol–water partition coefficient (Wildman–Crippen LogP) is 2.80. The molecule has 0 saturated carbocycles. The molecule has 1 saturated heterocycles. The lowest BCUT2D eigenvalue weighted by atomic mass is 9.97. The number of halogens is 3. The summed E-state index contributed by atoms with van der Waals surface area (Å²) in [7, 11) is 0. The highest BCUT2D eigenvalue weighted by molar-refractivity contribution is 5.28. The van der Waals surface area contributed by atoms with Gasteiger partial charge in [-0.25, -0.2) is 13.2 Å². The third-order valence-corrected chi connectivity index (χ3v) is 2.49. The van der Waals surface area contributed by atoms with E-state index in [1.165, 1.54) is 6.07 Å². The van der Waals surface area contributed by atoms with Crippen LogP contribution < -0.4 is 5.32 Å². The van der Waals surface area contributed by atoms with Crippen molar-refractivity contribution in [2.75, 3.05) is 6.54 Å². The largest absolute Gasteiger partial charge is 0.310 e. The van der Waals surface area contributed by atoms with Crippen molar-refractivity contribution in [1.29, 1.82) is 0 Å². The van der Waals surface area contributed by atoms with E-state index in [2.05, 4.69) is 5.32 Å². The molecule has 1 N–H and O–H groups in total. The van der Waals surface area contributed by atoms with Crippen molar-refractivity contribution < 1.29 is 13.2 Å². The van der Waals surface area contributed by atoms with E-state index in [9.17, 15) is 13.2 Å². The molecule has 14 heavy (non-hydrogen) atoms. The Bertz CT molecular complexity index is 334. The summed E-state index contributed by atoms with van der Waals surface area (Å²) in [6.45, 7) is 0.906. The number of hydrogen-bond acceptors (Lipinski definition) is 1. The highest BCUT2D eigenvalue weighted by Gasteiger charge is 2.21. The summed E-state index contributed by atoms with van der Waals surface area (Å²) in [6.07, 6.45) is -1.80. The number of hydrogen-bond donors (Lipinski definition) is 1. The van der Waals surface area contributed by atoms with Crippen LogP contribution in [0, 0.1) is 5.82 Å². The molecule has 1 aliphatic rings. The van der Waals surface area contributed by atoms with Crippen LogP contribution in [0.15, 0.2) is 18.2 Å². The molecule has 1 aliphatic heterocycles. The molecule has 76 valence electrons. The van der Waals surface area contributed by atoms with E-state index in [0.717, 1.165) is 24.6 Å². The number of rotatable bonds is 2. The van der Waals surface area contributed by atoms with Crippen LogP contribution >= 0.6 is 0 Å². The van der Waals surface area contributed by atoms with Crippen molar-refractivity contribution >= 4 is 0 Å². The topological polar surface area (TPSA) is 12.0 Å². The number of alkyl halides is 2. The second-order valence-electron chi connectivity index (χ2n) is 3.38. The molecule has 0 spiro atoms. The van der Waals surface area contributed by atoms with Gasteiger partial charge in [-0.05, 0) is 24.6 Å². The second kappa shape index (κ2) is 3.61. The van der Waals surface area contributed by atoms with E-state index < -0.39 is 17.8 Å². The molecule has 0 radical (unpaired) electrons. The fourth-order valence-electron chi connectivity index (χ4n) is 1.51. The molecule has 0 amide bonds. The minimum absolute atomic E-state index is 0.135. The van der Waals surface area contributed by atoms with Crippen LogP contribution in [0.3, 0.4) is 0 Å². The highest BCUT2D eigenvalue weighted by atomic mass is 19.3. The summed E-state index contributed by atoms with van der Waals surface area (Å²) in [6, 6.07) is 4.05. The lowest BCUT2D eigenvalue weighted by Gasteiger charge is -2.28. The zero-order valence-corrected chi connectivity index (χ0v) is 7.43. The Labute approximate surface area is 79.9 Å². The summed E-state index contributed by atoms with van der Waals surface area (Å²) < 4.78 is 37.5. The zero-order chi connectivity index (χ0) is 10.1. The Hall–Kier alpha value is -1.03. The molecule has 1 aromatic rings. The maximum absolute atomic E-state index is 13.1. The van der Waals surface area contributed by atoms with Gasteiger partial charge in [0.2, 0.25) is 0 Å². The predicted molar refractivity (Wildman–Crippen MR) is 46.7 cm³/mol. The van der Waals surface area contributed by atoms with Crippen molar-refractivity contribution in [1.82, 2.24) is 5.32 Å². The summed E-state index contributed by atoms with van der Waals surface area (Å²) in [4.78, 5) is 0. The van der Waals surface area contributed by atoms with Crippen LogP contribution in [-0.4, -0.2) is 6.54 Å². The monoisotopic (exact) mass is 201 g/mol. The van der Waals surface area contributed by atoms with Crippen LogP contribution in [0.5, 0.6) is 0 Å². The highest BCUT2D eigenvalue weighted by Crippen LogP contribution is 2.28. The van der Waals surface area contributed by atoms with Crippen LogP contribution in [-0.2, 0) is 0 Å². The van der Waals surface area contributed by atoms with Gasteiger partial charge >= 0.3 is 0 Å². The zero-order valence-electron chi connectivity index (χ0n) is 7.43. The van der Waals surface area contributed by atoms with E-state index in [0.29, 0.717) is 0 Å². The van der Waals surface area contributed by atoms with E-state index in [1.54, 1.807) is 6.07 Å². The smallest absolute Gasteiger partial charge is 0.266 e. The van der Waals surface area contributed by atoms with Crippen molar-refractivity contribution in [3.63, 3.8) is 0 Å². The Balaban J connectivity index is 2.25. The van der Waals surface area contributed by atoms with Gasteiger partial charge in [0, 0.05) is 6.04 Å². The molecule has 1 heterocycles. The summed E-state index contributed by atoms with van der Waals surface area (Å²) in [5.41, 5.74) is 0.228. The maximum atomic E-state index is 13.1. The van der Waals surface area contributed by atoms with Gasteiger partial charge in [0.1, 0.15) is 5.82 Å². The van der Waals surface area contributed by atoms with Crippen LogP contribution in [0.4, 0.5) is 13.2 Å². The first-order valence-corrected chi connectivity index (χ1v) is 4.49. The van der Waals surface area contributed by atoms with Gasteiger partial charge in [0.05, 0.1) is 5.56 Å². The molecule has 1 aromatic carbocycles. The minimum Gasteiger partial charge on any atom is -0.310 e. The van der Waals surface area contributed by atoms with Crippen LogP contribution in [0.1, 0.15) is 30.0 Å². The fourth-order valence-corrected chi connectivity index (χ4v) is 1.51. The molecular formula is C10H10F3N. The molecule has 0 aromatic heterocycles. The van der Waals surface area contributed by atoms with Gasteiger partial charge in [0.15, 0.2) is 0 Å². The third kappa shape index (κ3) is 1.62. The van der Waals surface area contributed by atoms with Gasteiger partial charge in [-0.2, -0.15) is 0 Å². The van der Waals surface area contributed by atoms with Crippen molar-refractivity contribution in [3.8, 4) is 0 Å². The lowest BCUT2D eigenvalue weighted by molar-refractivity contribution is 0.146. The van der Waals surface area contributed by atoms with Gasteiger partial charge < -0.3 is 5.32 Å². The first-order valence-electron chi connectivity index (χ1n) is 4.49. The molecule has 0 aliphatic carbocycles. The van der Waals surface area contributed by atoms with E-state index in [1.807, 2.05) is 0 Å². The summed E-state index contributed by atoms with van der Waals surface area (Å²) >= 11 is 0. The second-order valence-corrected chi connectivity index (χ2v) is 3.38. The molecule has 1 fully saturated rings. The molecule has 4 heteroatoms. The standard InChI is InChI=1S/C10H10F3N/c11-8-5-6(9-3-4-14-9)1-2-7(8)10(12)13/h1-2,5,9-10,14H,3-4H2/t9-/m0/s1. The molecule has 0 bridgehead atoms. The average molecular weight is 201 g/mol. The van der Waals surface area contributed by atoms with Crippen LogP contribution in [0.2, 0.25) is 0 Å². The van der Waals surface area contributed by atoms with Gasteiger partial charge in [0.25, 0.3) is 6.43 Å². The van der Waals surface area contributed by atoms with Crippen LogP contribution in [0.25, 0.3) is 0 Å². The molecule has 1 nitrogen and oxygen atoms in total. The maximum Gasteiger partial charge on any atom is 0.266 e. The van der Waals surface area contributed by atoms with Gasteiger partial charge in [-0.15, -0.1) is 0 Å². The minimum atomic E-state index is -2.74. The first kappa shape index (κ1) is 9.52. The van der Waals surface area contributed by atoms with E-state index in [-0.39, 0.29) is 6.04 Å². The summed E-state index contributed by atoms with van der Waals surface area (Å²) in [5, 5.41) is 3.08. The lowest BCUT2D eigenvalue weighted by Crippen LogP contribution is -2.34. The Morgan fingerprint density at radius 2 is 2.07 bits per heavy atom. The van der Waals surface area contributed by atoms with Crippen molar-refractivity contribution in [2.24, 2.45) is 0 Å². The van der Waals surface area contributed by atoms with Crippen molar-refractivity contribution in [3.05, 3.63) is 35.1 Å². The van der Waals surface area contributed by atoms with Crippen molar-refractivity contribution in [2.45, 2.75) is 18.9 Å². The van der Waals surface area contributed by atoms with E-state index in [4.69, 9.17) is 0 Å². The molecule has 1 atom stereocenters. The Kier molecular flexibility index (Phi) is 2.46. The quantitative estimate of drug-likeness (QED) is 0.775. The molecule has 2 rings (SSSR count). The number of benzene rings is 1. The van der Waals surface area contributed by atoms with Gasteiger partial charge in [-0.1, -0.05) is 12.1 Å². The SMILES string of the molecule is Fc1cc([C@@H]2CCN2)ccc1C(F)F. The number of nitrogens with one attached hydrogen (secondary N) is 1. The molecule has 0 unspecified atom stereocenters. The average Bonchev–Trinajstić information content (AvgIpc) is 2.00. The fraction of sp³-hybridized carbons (Fsp3) is 0.400.